The third kappa shape index (κ3) is 3.83. The molecule has 3 aromatic rings. The Morgan fingerprint density at radius 1 is 1.27 bits per heavy atom. The van der Waals surface area contributed by atoms with E-state index in [1.807, 2.05) is 0 Å². The summed E-state index contributed by atoms with van der Waals surface area (Å²) in [6.07, 6.45) is -3.07. The molecular formula is C17H15F4N7O2. The van der Waals surface area contributed by atoms with Crippen LogP contribution < -0.4 is 10.6 Å². The predicted molar refractivity (Wildman–Crippen MR) is 94.3 cm³/mol. The summed E-state index contributed by atoms with van der Waals surface area (Å²) >= 11 is 0. The molecule has 1 fully saturated rings. The molecule has 0 bridgehead atoms. The van der Waals surface area contributed by atoms with Crippen molar-refractivity contribution in [1.82, 2.24) is 24.8 Å². The number of nitrogens with two attached hydrogens (primary N) is 1. The van der Waals surface area contributed by atoms with Crippen molar-refractivity contribution >= 4 is 11.8 Å². The smallest absolute Gasteiger partial charge is 0.435 e. The van der Waals surface area contributed by atoms with Crippen LogP contribution in [0.2, 0.25) is 0 Å². The number of benzene rings is 1. The van der Waals surface area contributed by atoms with Gasteiger partial charge < -0.3 is 10.5 Å². The first-order valence-electron chi connectivity index (χ1n) is 8.74. The average Bonchev–Trinajstić information content (AvgIpc) is 3.41. The third-order valence-corrected chi connectivity index (χ3v) is 4.42. The zero-order valence-corrected chi connectivity index (χ0v) is 15.3. The Morgan fingerprint density at radius 2 is 2.07 bits per heavy atom. The molecule has 0 radical (unpaired) electrons. The number of hydrogen-bond acceptors (Lipinski definition) is 6. The van der Waals surface area contributed by atoms with E-state index in [2.05, 4.69) is 15.4 Å². The minimum Gasteiger partial charge on any atom is -0.443 e. The Morgan fingerprint density at radius 3 is 2.70 bits per heavy atom. The van der Waals surface area contributed by atoms with Gasteiger partial charge in [-0.3, -0.25) is 9.58 Å². The molecule has 1 saturated heterocycles. The van der Waals surface area contributed by atoms with Crippen LogP contribution in [0.5, 0.6) is 0 Å². The van der Waals surface area contributed by atoms with Gasteiger partial charge in [0.25, 0.3) is 0 Å². The summed E-state index contributed by atoms with van der Waals surface area (Å²) in [4.78, 5) is 13.1. The molecule has 13 heteroatoms. The van der Waals surface area contributed by atoms with Crippen molar-refractivity contribution in [2.75, 3.05) is 18.0 Å². The van der Waals surface area contributed by atoms with Crippen LogP contribution in [0, 0.1) is 5.82 Å². The lowest BCUT2D eigenvalue weighted by Gasteiger charge is -2.14. The van der Waals surface area contributed by atoms with Gasteiger partial charge in [0.15, 0.2) is 11.5 Å². The van der Waals surface area contributed by atoms with Gasteiger partial charge in [-0.1, -0.05) is 5.21 Å². The average molecular weight is 425 g/mol. The van der Waals surface area contributed by atoms with Crippen LogP contribution in [0.15, 0.2) is 36.7 Å². The van der Waals surface area contributed by atoms with E-state index in [4.69, 9.17) is 10.5 Å². The number of ether oxygens (including phenoxy) is 1. The highest BCUT2D eigenvalue weighted by Crippen LogP contribution is 2.27. The summed E-state index contributed by atoms with van der Waals surface area (Å²) in [6, 6.07) is 4.92. The van der Waals surface area contributed by atoms with E-state index in [0.717, 1.165) is 21.5 Å². The van der Waals surface area contributed by atoms with E-state index in [-0.39, 0.29) is 31.0 Å². The fourth-order valence-electron chi connectivity index (χ4n) is 2.96. The second-order valence-electron chi connectivity index (χ2n) is 6.54. The topological polar surface area (TPSA) is 104 Å². The number of carbonyl (C=O) groups excluding carboxylic acids is 1. The molecular weight excluding hydrogens is 410 g/mol. The molecule has 1 aliphatic heterocycles. The molecule has 30 heavy (non-hydrogen) atoms. The molecule has 0 saturated carbocycles. The quantitative estimate of drug-likeness (QED) is 0.627. The van der Waals surface area contributed by atoms with E-state index in [9.17, 15) is 22.4 Å². The monoisotopic (exact) mass is 425 g/mol. The summed E-state index contributed by atoms with van der Waals surface area (Å²) in [5.41, 5.74) is 5.10. The van der Waals surface area contributed by atoms with Crippen LogP contribution >= 0.6 is 0 Å². The normalized spacial score (nSPS) is 16.9. The highest BCUT2D eigenvalue weighted by molar-refractivity contribution is 5.89. The zero-order valence-electron chi connectivity index (χ0n) is 15.3. The summed E-state index contributed by atoms with van der Waals surface area (Å²) in [6.45, 7) is 0.298. The van der Waals surface area contributed by atoms with Gasteiger partial charge >= 0.3 is 12.3 Å². The van der Waals surface area contributed by atoms with Gasteiger partial charge in [-0.05, 0) is 24.3 Å². The van der Waals surface area contributed by atoms with E-state index in [0.29, 0.717) is 5.69 Å². The first kappa shape index (κ1) is 19.8. The van der Waals surface area contributed by atoms with Crippen molar-refractivity contribution in [2.45, 2.75) is 18.8 Å². The molecule has 0 unspecified atom stereocenters. The maximum Gasteiger partial charge on any atom is 0.435 e. The van der Waals surface area contributed by atoms with E-state index in [1.54, 1.807) is 0 Å². The molecule has 1 atom stereocenters. The van der Waals surface area contributed by atoms with Crippen LogP contribution in [0.4, 0.5) is 28.0 Å². The molecule has 0 aliphatic carbocycles. The van der Waals surface area contributed by atoms with Crippen molar-refractivity contribution in [3.05, 3.63) is 53.9 Å². The fourth-order valence-corrected chi connectivity index (χ4v) is 2.96. The van der Waals surface area contributed by atoms with Crippen LogP contribution in [-0.2, 0) is 17.5 Å². The maximum absolute atomic E-state index is 14.6. The molecule has 1 amide bonds. The second-order valence-corrected chi connectivity index (χ2v) is 6.54. The molecule has 4 rings (SSSR count). The highest BCUT2D eigenvalue weighted by atomic mass is 19.4. The van der Waals surface area contributed by atoms with Crippen LogP contribution in [-0.4, -0.2) is 50.1 Å². The van der Waals surface area contributed by atoms with Crippen molar-refractivity contribution < 1.29 is 27.1 Å². The van der Waals surface area contributed by atoms with Gasteiger partial charge in [-0.2, -0.15) is 18.3 Å². The number of aromatic nitrogens is 5. The molecule has 9 nitrogen and oxygen atoms in total. The second kappa shape index (κ2) is 7.40. The zero-order chi connectivity index (χ0) is 21.5. The first-order valence-corrected chi connectivity index (χ1v) is 8.74. The number of halogens is 4. The van der Waals surface area contributed by atoms with Crippen LogP contribution in [0.1, 0.15) is 11.4 Å². The number of anilines is 1. The van der Waals surface area contributed by atoms with Gasteiger partial charge in [0.05, 0.1) is 25.0 Å². The Labute approximate surface area is 166 Å². The van der Waals surface area contributed by atoms with Gasteiger partial charge in [-0.15, -0.1) is 5.10 Å². The number of hydrogen-bond donors (Lipinski definition) is 1. The molecule has 1 aromatic carbocycles. The van der Waals surface area contributed by atoms with Gasteiger partial charge in [0, 0.05) is 12.7 Å². The van der Waals surface area contributed by atoms with Crippen molar-refractivity contribution in [3.63, 3.8) is 0 Å². The van der Waals surface area contributed by atoms with E-state index < -0.39 is 29.9 Å². The number of rotatable bonds is 5. The van der Waals surface area contributed by atoms with Crippen LogP contribution in [0.3, 0.4) is 0 Å². The van der Waals surface area contributed by atoms with Crippen LogP contribution in [0.25, 0.3) is 5.69 Å². The molecule has 2 aromatic heterocycles. The minimum atomic E-state index is -4.54. The highest BCUT2D eigenvalue weighted by Gasteiger charge is 2.34. The standard InChI is InChI=1S/C17H15F4N7O2/c18-13-5-11(27-9-12(6-22)30-16(27)29)1-2-14(13)28-8-10(23-25-28)7-26-4-3-15(24-26)17(19,20)21/h1-5,8,12H,6-7,9,22H2/t12-/m0/s1. The largest absolute Gasteiger partial charge is 0.443 e. The first-order chi connectivity index (χ1) is 14.2. The number of amides is 1. The summed E-state index contributed by atoms with van der Waals surface area (Å²) in [5.74, 6) is -0.675. The van der Waals surface area contributed by atoms with Gasteiger partial charge in [-0.25, -0.2) is 13.9 Å². The number of alkyl halides is 3. The number of cyclic esters (lactones) is 1. The Hall–Kier alpha value is -3.48. The lowest BCUT2D eigenvalue weighted by molar-refractivity contribution is -0.141. The number of nitrogens with zero attached hydrogens (tertiary/aromatic N) is 6. The summed E-state index contributed by atoms with van der Waals surface area (Å²) in [5, 5.41) is 11.1. The number of carbonyl (C=O) groups is 1. The molecule has 3 heterocycles. The minimum absolute atomic E-state index is 0.0527. The Bertz CT molecular complexity index is 1080. The maximum atomic E-state index is 14.6. The predicted octanol–water partition coefficient (Wildman–Crippen LogP) is 1.95. The van der Waals surface area contributed by atoms with E-state index in [1.165, 1.54) is 29.4 Å². The van der Waals surface area contributed by atoms with Crippen molar-refractivity contribution in [3.8, 4) is 5.69 Å². The van der Waals surface area contributed by atoms with Crippen molar-refractivity contribution in [2.24, 2.45) is 5.73 Å². The third-order valence-electron chi connectivity index (χ3n) is 4.42. The lowest BCUT2D eigenvalue weighted by Crippen LogP contribution is -2.27. The Balaban J connectivity index is 1.51. The fraction of sp³-hybridized carbons (Fsp3) is 0.294. The molecule has 158 valence electrons. The summed E-state index contributed by atoms with van der Waals surface area (Å²) < 4.78 is 59.8. The molecule has 1 aliphatic rings. The Kier molecular flexibility index (Phi) is 4.89. The van der Waals surface area contributed by atoms with Crippen molar-refractivity contribution in [1.29, 1.82) is 0 Å². The molecule has 0 spiro atoms. The summed E-state index contributed by atoms with van der Waals surface area (Å²) in [7, 11) is 0. The molecule has 2 N–H and O–H groups in total. The lowest BCUT2D eigenvalue weighted by atomic mass is 10.2. The SMILES string of the molecule is NC[C@H]1CN(c2ccc(-n3cc(Cn4ccc(C(F)(F)F)n4)nn3)c(F)c2)C(=O)O1. The van der Waals surface area contributed by atoms with E-state index >= 15 is 0 Å². The van der Waals surface area contributed by atoms with Gasteiger partial charge in [0.2, 0.25) is 0 Å². The van der Waals surface area contributed by atoms with Gasteiger partial charge in [0.1, 0.15) is 17.5 Å².